The van der Waals surface area contributed by atoms with E-state index in [4.69, 9.17) is 21.6 Å². The van der Waals surface area contributed by atoms with E-state index < -0.39 is 11.7 Å². The van der Waals surface area contributed by atoms with Crippen LogP contribution in [-0.4, -0.2) is 12.2 Å². The molecule has 0 amide bonds. The summed E-state index contributed by atoms with van der Waals surface area (Å²) >= 11 is 5.65. The Balaban J connectivity index is 3.44. The standard InChI is InChI=1S/C10H9ClFNO2/c1-5(4-13)8-6(14)3-7(15-2)9(11)10(8)12/h3,5,14H,1-2H3. The first-order chi connectivity index (χ1) is 7.02. The molecule has 1 aromatic rings. The summed E-state index contributed by atoms with van der Waals surface area (Å²) in [6, 6.07) is 3.02. The lowest BCUT2D eigenvalue weighted by Gasteiger charge is -2.11. The third-order valence-corrected chi connectivity index (χ3v) is 2.39. The number of benzene rings is 1. The number of phenols is 1. The van der Waals surface area contributed by atoms with E-state index in [2.05, 4.69) is 0 Å². The molecule has 0 radical (unpaired) electrons. The summed E-state index contributed by atoms with van der Waals surface area (Å²) in [5.41, 5.74) is -0.108. The number of nitrogens with zero attached hydrogens (tertiary/aromatic N) is 1. The van der Waals surface area contributed by atoms with Gasteiger partial charge < -0.3 is 9.84 Å². The molecule has 5 heteroatoms. The van der Waals surface area contributed by atoms with Crippen molar-refractivity contribution in [3.63, 3.8) is 0 Å². The SMILES string of the molecule is COc1cc(O)c(C(C)C#N)c(F)c1Cl. The van der Waals surface area contributed by atoms with Gasteiger partial charge in [0.05, 0.1) is 19.1 Å². The maximum atomic E-state index is 13.6. The Kier molecular flexibility index (Phi) is 3.38. The molecule has 0 aromatic heterocycles. The number of rotatable bonds is 2. The lowest BCUT2D eigenvalue weighted by molar-refractivity contribution is 0.399. The van der Waals surface area contributed by atoms with E-state index in [-0.39, 0.29) is 22.1 Å². The maximum Gasteiger partial charge on any atom is 0.153 e. The number of methoxy groups -OCH3 is 1. The molecule has 0 fully saturated rings. The summed E-state index contributed by atoms with van der Waals surface area (Å²) in [6.07, 6.45) is 0. The van der Waals surface area contributed by atoms with Crippen LogP contribution in [0.3, 0.4) is 0 Å². The summed E-state index contributed by atoms with van der Waals surface area (Å²) in [6.45, 7) is 1.47. The minimum absolute atomic E-state index is 0.0422. The van der Waals surface area contributed by atoms with Crippen LogP contribution in [0, 0.1) is 17.1 Å². The number of aromatic hydroxyl groups is 1. The zero-order chi connectivity index (χ0) is 11.6. The second-order valence-electron chi connectivity index (χ2n) is 2.99. The highest BCUT2D eigenvalue weighted by atomic mass is 35.5. The Morgan fingerprint density at radius 2 is 2.27 bits per heavy atom. The topological polar surface area (TPSA) is 53.2 Å². The van der Waals surface area contributed by atoms with Gasteiger partial charge in [-0.25, -0.2) is 4.39 Å². The lowest BCUT2D eigenvalue weighted by atomic mass is 10.0. The van der Waals surface area contributed by atoms with Crippen LogP contribution in [0.4, 0.5) is 4.39 Å². The average Bonchev–Trinajstić information content (AvgIpc) is 2.23. The van der Waals surface area contributed by atoms with Crippen LogP contribution in [0.5, 0.6) is 11.5 Å². The highest BCUT2D eigenvalue weighted by Gasteiger charge is 2.21. The molecule has 1 N–H and O–H groups in total. The van der Waals surface area contributed by atoms with E-state index in [0.29, 0.717) is 0 Å². The summed E-state index contributed by atoms with van der Waals surface area (Å²) in [5, 5.41) is 17.9. The van der Waals surface area contributed by atoms with Gasteiger partial charge in [-0.2, -0.15) is 5.26 Å². The number of nitriles is 1. The van der Waals surface area contributed by atoms with Gasteiger partial charge in [0.1, 0.15) is 16.5 Å². The van der Waals surface area contributed by atoms with Gasteiger partial charge in [-0.3, -0.25) is 0 Å². The van der Waals surface area contributed by atoms with Crippen LogP contribution in [0.25, 0.3) is 0 Å². The average molecular weight is 230 g/mol. The van der Waals surface area contributed by atoms with E-state index in [1.165, 1.54) is 20.1 Å². The zero-order valence-electron chi connectivity index (χ0n) is 8.21. The first-order valence-corrected chi connectivity index (χ1v) is 4.55. The number of phenolic OH excluding ortho intramolecular Hbond substituents is 1. The Bertz CT molecular complexity index is 428. The molecular formula is C10H9ClFNO2. The van der Waals surface area contributed by atoms with Crippen molar-refractivity contribution in [2.24, 2.45) is 0 Å². The van der Waals surface area contributed by atoms with Crippen LogP contribution in [0.1, 0.15) is 18.4 Å². The van der Waals surface area contributed by atoms with Gasteiger partial charge in [0.15, 0.2) is 5.82 Å². The van der Waals surface area contributed by atoms with Gasteiger partial charge in [0.2, 0.25) is 0 Å². The molecule has 0 aliphatic rings. The van der Waals surface area contributed by atoms with Gasteiger partial charge in [-0.15, -0.1) is 0 Å². The Labute approximate surface area is 91.7 Å². The van der Waals surface area contributed by atoms with Crippen molar-refractivity contribution in [3.05, 3.63) is 22.5 Å². The van der Waals surface area contributed by atoms with Crippen LogP contribution in [-0.2, 0) is 0 Å². The quantitative estimate of drug-likeness (QED) is 0.849. The van der Waals surface area contributed by atoms with Crippen molar-refractivity contribution in [2.45, 2.75) is 12.8 Å². The molecule has 0 heterocycles. The monoisotopic (exact) mass is 229 g/mol. The van der Waals surface area contributed by atoms with Gasteiger partial charge in [-0.1, -0.05) is 11.6 Å². The third-order valence-electron chi connectivity index (χ3n) is 2.04. The van der Waals surface area contributed by atoms with Crippen molar-refractivity contribution in [1.82, 2.24) is 0 Å². The van der Waals surface area contributed by atoms with E-state index in [1.54, 1.807) is 0 Å². The number of halogens is 2. The summed E-state index contributed by atoms with van der Waals surface area (Å²) in [5.74, 6) is -1.88. The molecule has 0 spiro atoms. The van der Waals surface area contributed by atoms with E-state index in [1.807, 2.05) is 6.07 Å². The summed E-state index contributed by atoms with van der Waals surface area (Å²) in [7, 11) is 1.31. The van der Waals surface area contributed by atoms with Crippen molar-refractivity contribution in [1.29, 1.82) is 5.26 Å². The molecule has 0 aliphatic heterocycles. The third kappa shape index (κ3) is 1.97. The van der Waals surface area contributed by atoms with Gasteiger partial charge in [0.25, 0.3) is 0 Å². The molecule has 1 atom stereocenters. The minimum atomic E-state index is -0.817. The molecule has 80 valence electrons. The van der Waals surface area contributed by atoms with E-state index in [9.17, 15) is 9.50 Å². The Morgan fingerprint density at radius 1 is 1.67 bits per heavy atom. The van der Waals surface area contributed by atoms with Crippen LogP contribution < -0.4 is 4.74 Å². The molecule has 3 nitrogen and oxygen atoms in total. The largest absolute Gasteiger partial charge is 0.507 e. The first-order valence-electron chi connectivity index (χ1n) is 4.17. The molecule has 1 aromatic carbocycles. The van der Waals surface area contributed by atoms with Gasteiger partial charge >= 0.3 is 0 Å². The Hall–Kier alpha value is -1.47. The lowest BCUT2D eigenvalue weighted by Crippen LogP contribution is -1.98. The van der Waals surface area contributed by atoms with Gasteiger partial charge in [0, 0.05) is 11.6 Å². The highest BCUT2D eigenvalue weighted by molar-refractivity contribution is 6.32. The molecule has 0 saturated carbocycles. The second kappa shape index (κ2) is 4.37. The van der Waals surface area contributed by atoms with Gasteiger partial charge in [-0.05, 0) is 6.92 Å². The minimum Gasteiger partial charge on any atom is -0.507 e. The molecule has 0 saturated heterocycles. The smallest absolute Gasteiger partial charge is 0.153 e. The summed E-state index contributed by atoms with van der Waals surface area (Å²) in [4.78, 5) is 0. The summed E-state index contributed by atoms with van der Waals surface area (Å²) < 4.78 is 18.4. The molecule has 0 aliphatic carbocycles. The highest BCUT2D eigenvalue weighted by Crippen LogP contribution is 2.38. The van der Waals surface area contributed by atoms with Crippen molar-refractivity contribution >= 4 is 11.6 Å². The second-order valence-corrected chi connectivity index (χ2v) is 3.37. The van der Waals surface area contributed by atoms with Crippen LogP contribution in [0.2, 0.25) is 5.02 Å². The van der Waals surface area contributed by atoms with Crippen molar-refractivity contribution in [3.8, 4) is 17.6 Å². The number of hydrogen-bond acceptors (Lipinski definition) is 3. The molecule has 1 unspecified atom stereocenters. The molecular weight excluding hydrogens is 221 g/mol. The fraction of sp³-hybridized carbons (Fsp3) is 0.300. The number of ether oxygens (including phenoxy) is 1. The first kappa shape index (κ1) is 11.6. The predicted octanol–water partition coefficient (Wildman–Crippen LogP) is 2.82. The Morgan fingerprint density at radius 3 is 2.73 bits per heavy atom. The van der Waals surface area contributed by atoms with Crippen LogP contribution >= 0.6 is 11.6 Å². The van der Waals surface area contributed by atoms with E-state index in [0.717, 1.165) is 0 Å². The van der Waals surface area contributed by atoms with Crippen LogP contribution in [0.15, 0.2) is 6.07 Å². The maximum absolute atomic E-state index is 13.6. The predicted molar refractivity (Wildman–Crippen MR) is 53.7 cm³/mol. The molecule has 15 heavy (non-hydrogen) atoms. The number of hydrogen-bond donors (Lipinski definition) is 1. The zero-order valence-corrected chi connectivity index (χ0v) is 8.97. The normalized spacial score (nSPS) is 11.9. The van der Waals surface area contributed by atoms with Crippen molar-refractivity contribution < 1.29 is 14.2 Å². The fourth-order valence-electron chi connectivity index (χ4n) is 1.23. The van der Waals surface area contributed by atoms with E-state index >= 15 is 0 Å². The van der Waals surface area contributed by atoms with Crippen molar-refractivity contribution in [2.75, 3.05) is 7.11 Å². The molecule has 1 rings (SSSR count). The molecule has 0 bridgehead atoms. The fourth-order valence-corrected chi connectivity index (χ4v) is 1.46.